The average molecular weight is 240 g/mol. The number of nitrogens with zero attached hydrogens (tertiary/aromatic N) is 1. The van der Waals surface area contributed by atoms with Gasteiger partial charge in [-0.15, -0.1) is 6.58 Å². The van der Waals surface area contributed by atoms with Crippen LogP contribution in [0.3, 0.4) is 0 Å². The number of hydrogen-bond donors (Lipinski definition) is 1. The minimum Gasteiger partial charge on any atom is -0.386 e. The maximum Gasteiger partial charge on any atom is 0.265 e. The summed E-state index contributed by atoms with van der Waals surface area (Å²) in [6, 6.07) is 0. The van der Waals surface area contributed by atoms with E-state index >= 15 is 0 Å². The summed E-state index contributed by atoms with van der Waals surface area (Å²) in [4.78, 5) is 15.4. The molecule has 0 atom stereocenters. The summed E-state index contributed by atoms with van der Waals surface area (Å²) in [5.41, 5.74) is 0.448. The van der Waals surface area contributed by atoms with E-state index in [0.717, 1.165) is 0 Å². The third-order valence-electron chi connectivity index (χ3n) is 0.922. The highest BCUT2D eigenvalue weighted by Gasteiger charge is 1.99. The van der Waals surface area contributed by atoms with E-state index in [-0.39, 0.29) is 12.5 Å². The molecule has 0 aromatic heterocycles. The number of nitrogens with one attached hydrogen (secondary N) is 1. The highest BCUT2D eigenvalue weighted by atomic mass is 16.6. The standard InChI is InChI=1S/C8H12N2O2.C3H6.C2H6/c1-4-7(3)10-8(11)6-12-9-5-2;1-3-2;1-2/h4-5H,1,3,6H2,2H3,(H,10,11);3H,1H2,2H3;1-2H3/b9-5+;;. The Kier molecular flexibility index (Phi) is 23.8. The first kappa shape index (κ1) is 20.6. The van der Waals surface area contributed by atoms with Gasteiger partial charge in [-0.2, -0.15) is 0 Å². The summed E-state index contributed by atoms with van der Waals surface area (Å²) in [6.07, 6.45) is 4.65. The summed E-state index contributed by atoms with van der Waals surface area (Å²) in [5, 5.41) is 5.84. The molecule has 0 aromatic carbocycles. The SMILES string of the molecule is C=CC.C=CC(=C)NC(=O)CO/N=C/C.CC. The van der Waals surface area contributed by atoms with Crippen molar-refractivity contribution in [1.82, 2.24) is 5.32 Å². The van der Waals surface area contributed by atoms with Gasteiger partial charge in [-0.1, -0.05) is 38.2 Å². The molecule has 17 heavy (non-hydrogen) atoms. The van der Waals surface area contributed by atoms with E-state index in [9.17, 15) is 4.79 Å². The van der Waals surface area contributed by atoms with Gasteiger partial charge in [0.15, 0.2) is 6.61 Å². The molecule has 0 radical (unpaired) electrons. The molecule has 0 aromatic rings. The normalized spacial score (nSPS) is 7.76. The number of hydrogen-bond acceptors (Lipinski definition) is 3. The lowest BCUT2D eigenvalue weighted by Gasteiger charge is -2.01. The highest BCUT2D eigenvalue weighted by Crippen LogP contribution is 1.84. The van der Waals surface area contributed by atoms with Gasteiger partial charge in [-0.05, 0) is 19.9 Å². The van der Waals surface area contributed by atoms with E-state index in [1.807, 2.05) is 20.8 Å². The van der Waals surface area contributed by atoms with Crippen LogP contribution in [0.15, 0.2) is 42.7 Å². The molecule has 0 aliphatic carbocycles. The van der Waals surface area contributed by atoms with Crippen molar-refractivity contribution in [2.45, 2.75) is 27.7 Å². The molecule has 98 valence electrons. The Bertz CT molecular complexity index is 246. The van der Waals surface area contributed by atoms with E-state index in [4.69, 9.17) is 0 Å². The molecule has 4 nitrogen and oxygen atoms in total. The molecule has 0 aliphatic heterocycles. The zero-order valence-electron chi connectivity index (χ0n) is 11.3. The van der Waals surface area contributed by atoms with Gasteiger partial charge in [0.05, 0.1) is 0 Å². The number of carbonyl (C=O) groups is 1. The summed E-state index contributed by atoms with van der Waals surface area (Å²) in [5.74, 6) is -0.300. The van der Waals surface area contributed by atoms with Crippen LogP contribution < -0.4 is 5.32 Å². The fraction of sp³-hybridized carbons (Fsp3) is 0.385. The first-order chi connectivity index (χ1) is 8.12. The molecule has 0 saturated heterocycles. The Balaban J connectivity index is -0.000000337. The van der Waals surface area contributed by atoms with Gasteiger partial charge < -0.3 is 10.2 Å². The van der Waals surface area contributed by atoms with Crippen molar-refractivity contribution in [2.24, 2.45) is 5.16 Å². The topological polar surface area (TPSA) is 50.7 Å². The van der Waals surface area contributed by atoms with Gasteiger partial charge in [0.2, 0.25) is 0 Å². The maximum absolute atomic E-state index is 10.9. The fourth-order valence-electron chi connectivity index (χ4n) is 0.437. The van der Waals surface area contributed by atoms with Gasteiger partial charge in [0.25, 0.3) is 5.91 Å². The third kappa shape index (κ3) is 25.0. The first-order valence-electron chi connectivity index (χ1n) is 5.40. The van der Waals surface area contributed by atoms with Crippen LogP contribution in [0.2, 0.25) is 0 Å². The second-order valence-corrected chi connectivity index (χ2v) is 2.32. The zero-order valence-corrected chi connectivity index (χ0v) is 11.3. The van der Waals surface area contributed by atoms with Crippen molar-refractivity contribution in [2.75, 3.05) is 6.61 Å². The number of oxime groups is 1. The highest BCUT2D eigenvalue weighted by molar-refractivity contribution is 5.79. The molecule has 1 amide bonds. The quantitative estimate of drug-likeness (QED) is 0.347. The summed E-state index contributed by atoms with van der Waals surface area (Å²) in [7, 11) is 0. The molecule has 0 heterocycles. The van der Waals surface area contributed by atoms with Crippen LogP contribution in [0.1, 0.15) is 27.7 Å². The third-order valence-corrected chi connectivity index (χ3v) is 0.922. The Labute approximate surface area is 105 Å². The summed E-state index contributed by atoms with van der Waals surface area (Å²) in [6.45, 7) is 17.8. The fourth-order valence-corrected chi connectivity index (χ4v) is 0.437. The van der Waals surface area contributed by atoms with Crippen molar-refractivity contribution in [1.29, 1.82) is 0 Å². The number of allylic oxidation sites excluding steroid dienone is 2. The van der Waals surface area contributed by atoms with Crippen molar-refractivity contribution in [3.05, 3.63) is 37.6 Å². The molecule has 0 spiro atoms. The summed E-state index contributed by atoms with van der Waals surface area (Å²) < 4.78 is 0. The lowest BCUT2D eigenvalue weighted by Crippen LogP contribution is -2.24. The van der Waals surface area contributed by atoms with E-state index in [1.54, 1.807) is 13.0 Å². The lowest BCUT2D eigenvalue weighted by molar-refractivity contribution is -0.124. The molecule has 0 aliphatic rings. The van der Waals surface area contributed by atoms with Gasteiger partial charge in [0, 0.05) is 11.9 Å². The number of rotatable bonds is 5. The lowest BCUT2D eigenvalue weighted by atomic mass is 10.4. The minimum atomic E-state index is -0.300. The predicted molar refractivity (Wildman–Crippen MR) is 74.8 cm³/mol. The van der Waals surface area contributed by atoms with E-state index in [2.05, 4.69) is 35.0 Å². The molecule has 0 rings (SSSR count). The van der Waals surface area contributed by atoms with Gasteiger partial charge in [-0.25, -0.2) is 0 Å². The maximum atomic E-state index is 10.9. The molecule has 1 N–H and O–H groups in total. The Morgan fingerprint density at radius 3 is 2.18 bits per heavy atom. The van der Waals surface area contributed by atoms with Gasteiger partial charge in [-0.3, -0.25) is 4.79 Å². The van der Waals surface area contributed by atoms with Crippen LogP contribution in [0.25, 0.3) is 0 Å². The molecular weight excluding hydrogens is 216 g/mol. The zero-order chi connectivity index (χ0) is 14.1. The second kappa shape index (κ2) is 19.7. The van der Waals surface area contributed by atoms with Gasteiger partial charge in [0.1, 0.15) is 0 Å². The smallest absolute Gasteiger partial charge is 0.265 e. The van der Waals surface area contributed by atoms with Crippen molar-refractivity contribution in [3.8, 4) is 0 Å². The van der Waals surface area contributed by atoms with Crippen molar-refractivity contribution >= 4 is 12.1 Å². The van der Waals surface area contributed by atoms with Crippen LogP contribution in [0, 0.1) is 0 Å². The van der Waals surface area contributed by atoms with Crippen molar-refractivity contribution < 1.29 is 9.63 Å². The monoisotopic (exact) mass is 240 g/mol. The number of amides is 1. The Morgan fingerprint density at radius 2 is 1.82 bits per heavy atom. The predicted octanol–water partition coefficient (Wildman–Crippen LogP) is 3.04. The molecule has 0 fully saturated rings. The first-order valence-corrected chi connectivity index (χ1v) is 5.40. The Hall–Kier alpha value is -1.84. The van der Waals surface area contributed by atoms with Crippen LogP contribution in [0.5, 0.6) is 0 Å². The molecule has 0 bridgehead atoms. The Morgan fingerprint density at radius 1 is 1.35 bits per heavy atom. The van der Waals surface area contributed by atoms with E-state index < -0.39 is 0 Å². The van der Waals surface area contributed by atoms with E-state index in [0.29, 0.717) is 5.70 Å². The molecule has 0 unspecified atom stereocenters. The largest absolute Gasteiger partial charge is 0.386 e. The minimum absolute atomic E-state index is 0.114. The van der Waals surface area contributed by atoms with E-state index in [1.165, 1.54) is 12.3 Å². The van der Waals surface area contributed by atoms with Gasteiger partial charge >= 0.3 is 0 Å². The number of carbonyl (C=O) groups excluding carboxylic acids is 1. The molecule has 0 saturated carbocycles. The molecular formula is C13H24N2O2. The van der Waals surface area contributed by atoms with Crippen LogP contribution in [-0.4, -0.2) is 18.7 Å². The second-order valence-electron chi connectivity index (χ2n) is 2.32. The van der Waals surface area contributed by atoms with Crippen LogP contribution in [-0.2, 0) is 9.63 Å². The molecule has 4 heteroatoms. The van der Waals surface area contributed by atoms with Crippen LogP contribution in [0.4, 0.5) is 0 Å². The van der Waals surface area contributed by atoms with Crippen LogP contribution >= 0.6 is 0 Å². The average Bonchev–Trinajstić information content (AvgIpc) is 2.33. The summed E-state index contributed by atoms with van der Waals surface area (Å²) >= 11 is 0. The van der Waals surface area contributed by atoms with Crippen molar-refractivity contribution in [3.63, 3.8) is 0 Å².